The molecule has 1 atom stereocenters. The molecule has 0 bridgehead atoms. The zero-order valence-electron chi connectivity index (χ0n) is 21.2. The van der Waals surface area contributed by atoms with Crippen molar-refractivity contribution in [2.24, 2.45) is 5.10 Å². The smallest absolute Gasteiger partial charge is 0.281 e. The fraction of sp³-hybridized carbons (Fsp3) is 0.107. The molecule has 0 radical (unpaired) electrons. The van der Waals surface area contributed by atoms with Gasteiger partial charge in [-0.1, -0.05) is 72.3 Å². The molecule has 202 valence electrons. The number of hydrazone groups is 1. The van der Waals surface area contributed by atoms with Crippen molar-refractivity contribution >= 4 is 27.2 Å². The number of hydrogen-bond acceptors (Lipinski definition) is 8. The van der Waals surface area contributed by atoms with E-state index in [0.29, 0.717) is 11.1 Å². The van der Waals surface area contributed by atoms with Crippen molar-refractivity contribution in [3.8, 4) is 0 Å². The number of non-ortho nitro benzene ring substituents is 2. The molecule has 0 aromatic heterocycles. The molecule has 1 aliphatic heterocycles. The highest BCUT2D eigenvalue weighted by Gasteiger charge is 2.43. The van der Waals surface area contributed by atoms with Gasteiger partial charge in [0.25, 0.3) is 21.4 Å². The van der Waals surface area contributed by atoms with E-state index >= 15 is 0 Å². The lowest BCUT2D eigenvalue weighted by Crippen LogP contribution is -2.37. The fourth-order valence-electron chi connectivity index (χ4n) is 4.47. The third-order valence-corrected chi connectivity index (χ3v) is 8.07. The maximum atomic E-state index is 14.0. The fourth-order valence-corrected chi connectivity index (χ4v) is 5.85. The molecule has 0 fully saturated rings. The summed E-state index contributed by atoms with van der Waals surface area (Å²) >= 11 is 0. The van der Waals surface area contributed by atoms with Crippen LogP contribution in [0.4, 0.5) is 11.4 Å². The van der Waals surface area contributed by atoms with Gasteiger partial charge in [-0.15, -0.1) is 5.10 Å². The van der Waals surface area contributed by atoms with Crippen LogP contribution in [0, 0.1) is 27.2 Å². The highest BCUT2D eigenvalue weighted by molar-refractivity contribution is 7.89. The predicted octanol–water partition coefficient (Wildman–Crippen LogP) is 5.38. The van der Waals surface area contributed by atoms with Crippen molar-refractivity contribution in [2.45, 2.75) is 24.5 Å². The highest BCUT2D eigenvalue weighted by atomic mass is 32.2. The second-order valence-electron chi connectivity index (χ2n) is 9.16. The molecule has 40 heavy (non-hydrogen) atoms. The third kappa shape index (κ3) is 5.12. The quantitative estimate of drug-likeness (QED) is 0.209. The Morgan fingerprint density at radius 3 is 2.08 bits per heavy atom. The molecule has 0 saturated heterocycles. The van der Waals surface area contributed by atoms with Gasteiger partial charge in [0.15, 0.2) is 12.0 Å². The minimum Gasteiger partial charge on any atom is -0.324 e. The number of sulfonamides is 1. The van der Waals surface area contributed by atoms with Gasteiger partial charge in [0, 0.05) is 41.9 Å². The molecule has 0 N–H and O–H groups in total. The van der Waals surface area contributed by atoms with E-state index in [9.17, 15) is 28.6 Å². The van der Waals surface area contributed by atoms with Crippen LogP contribution in [0.25, 0.3) is 0 Å². The monoisotopic (exact) mass is 557 g/mol. The number of hydrogen-bond donors (Lipinski definition) is 0. The second kappa shape index (κ2) is 10.6. The summed E-state index contributed by atoms with van der Waals surface area (Å²) in [7, 11) is -4.28. The van der Waals surface area contributed by atoms with Gasteiger partial charge in [0.1, 0.15) is 0 Å². The number of nitro groups is 2. The summed E-state index contributed by atoms with van der Waals surface area (Å²) in [6, 6.07) is 27.0. The van der Waals surface area contributed by atoms with E-state index in [4.69, 9.17) is 0 Å². The topological polar surface area (TPSA) is 139 Å². The van der Waals surface area contributed by atoms with Gasteiger partial charge in [-0.3, -0.25) is 20.2 Å². The molecule has 1 unspecified atom stereocenters. The van der Waals surface area contributed by atoms with Crippen LogP contribution in [0.5, 0.6) is 0 Å². The van der Waals surface area contributed by atoms with Crippen LogP contribution in [-0.4, -0.2) is 33.4 Å². The Morgan fingerprint density at radius 1 is 0.800 bits per heavy atom. The number of amidine groups is 1. The van der Waals surface area contributed by atoms with Crippen LogP contribution in [0.1, 0.15) is 28.4 Å². The SMILES string of the molecule is Cc1ccc(S(=O)(=O)N2N=C(c3cccc([N+](=O)[O-])c3)N(Cc3ccccc3)C2c2cccc([N+](=O)[O-])c2)cc1. The van der Waals surface area contributed by atoms with Gasteiger partial charge in [0.2, 0.25) is 0 Å². The van der Waals surface area contributed by atoms with Gasteiger partial charge in [0.05, 0.1) is 14.7 Å². The number of nitro benzene ring substituents is 2. The first-order valence-corrected chi connectivity index (χ1v) is 13.6. The van der Waals surface area contributed by atoms with Gasteiger partial charge < -0.3 is 4.90 Å². The summed E-state index contributed by atoms with van der Waals surface area (Å²) in [5.41, 5.74) is 1.90. The van der Waals surface area contributed by atoms with Crippen molar-refractivity contribution in [2.75, 3.05) is 0 Å². The first-order valence-electron chi connectivity index (χ1n) is 12.1. The summed E-state index contributed by atoms with van der Waals surface area (Å²) in [6.07, 6.45) is -1.12. The van der Waals surface area contributed by atoms with Gasteiger partial charge in [-0.2, -0.15) is 12.8 Å². The molecule has 11 nitrogen and oxygen atoms in total. The van der Waals surface area contributed by atoms with E-state index in [2.05, 4.69) is 5.10 Å². The van der Waals surface area contributed by atoms with E-state index in [1.165, 1.54) is 48.5 Å². The van der Waals surface area contributed by atoms with E-state index in [1.807, 2.05) is 37.3 Å². The normalized spacial score (nSPS) is 15.1. The lowest BCUT2D eigenvalue weighted by atomic mass is 10.1. The maximum absolute atomic E-state index is 14.0. The molecule has 0 aliphatic carbocycles. The Kier molecular flexibility index (Phi) is 7.01. The zero-order chi connectivity index (χ0) is 28.4. The van der Waals surface area contributed by atoms with Crippen LogP contribution >= 0.6 is 0 Å². The molecule has 0 saturated carbocycles. The molecule has 1 heterocycles. The van der Waals surface area contributed by atoms with E-state index < -0.39 is 26.0 Å². The molecule has 12 heteroatoms. The first-order chi connectivity index (χ1) is 19.1. The molecule has 4 aromatic rings. The van der Waals surface area contributed by atoms with Crippen LogP contribution in [0.2, 0.25) is 0 Å². The molecular weight excluding hydrogens is 534 g/mol. The Bertz CT molecular complexity index is 1730. The van der Waals surface area contributed by atoms with Crippen molar-refractivity contribution in [1.29, 1.82) is 0 Å². The maximum Gasteiger partial charge on any atom is 0.281 e. The summed E-state index contributed by atoms with van der Waals surface area (Å²) in [5, 5.41) is 27.7. The largest absolute Gasteiger partial charge is 0.324 e. The Hall–Kier alpha value is -5.10. The van der Waals surface area contributed by atoms with E-state index in [1.54, 1.807) is 29.2 Å². The van der Waals surface area contributed by atoms with Gasteiger partial charge in [-0.05, 0) is 24.6 Å². The highest BCUT2D eigenvalue weighted by Crippen LogP contribution is 2.39. The standard InChI is InChI=1S/C28H23N5O6S/c1-20-13-15-26(16-14-20)40(38,39)31-28(23-10-6-12-25(18-23)33(36)37)30(19-21-7-3-2-4-8-21)27(29-31)22-9-5-11-24(17-22)32(34)35/h2-18,28H,19H2,1H3. The van der Waals surface area contributed by atoms with Crippen LogP contribution in [0.3, 0.4) is 0 Å². The minimum absolute atomic E-state index is 0.0164. The molecule has 1 aliphatic rings. The summed E-state index contributed by atoms with van der Waals surface area (Å²) in [4.78, 5) is 23.7. The van der Waals surface area contributed by atoms with Crippen LogP contribution in [-0.2, 0) is 16.6 Å². The summed E-state index contributed by atoms with van der Waals surface area (Å²) in [5.74, 6) is 0.166. The Morgan fingerprint density at radius 2 is 1.43 bits per heavy atom. The number of benzene rings is 4. The molecule has 0 spiro atoms. The lowest BCUT2D eigenvalue weighted by molar-refractivity contribution is -0.385. The molecule has 4 aromatic carbocycles. The predicted molar refractivity (Wildman–Crippen MR) is 148 cm³/mol. The third-order valence-electron chi connectivity index (χ3n) is 6.42. The second-order valence-corrected chi connectivity index (χ2v) is 11.0. The first kappa shape index (κ1) is 26.5. The van der Waals surface area contributed by atoms with Crippen LogP contribution in [0.15, 0.2) is 113 Å². The molecular formula is C28H23N5O6S. The molecule has 0 amide bonds. The summed E-state index contributed by atoms with van der Waals surface area (Å²) in [6.45, 7) is 1.99. The van der Waals surface area contributed by atoms with Crippen molar-refractivity contribution in [3.05, 3.63) is 146 Å². The zero-order valence-corrected chi connectivity index (χ0v) is 22.0. The van der Waals surface area contributed by atoms with Crippen molar-refractivity contribution in [3.63, 3.8) is 0 Å². The minimum atomic E-state index is -4.28. The summed E-state index contributed by atoms with van der Waals surface area (Å²) < 4.78 is 29.0. The lowest BCUT2D eigenvalue weighted by Gasteiger charge is -2.31. The number of rotatable bonds is 8. The average Bonchev–Trinajstić information content (AvgIpc) is 3.34. The molecule has 5 rings (SSSR count). The van der Waals surface area contributed by atoms with E-state index in [-0.39, 0.29) is 28.7 Å². The van der Waals surface area contributed by atoms with Gasteiger partial charge in [-0.25, -0.2) is 0 Å². The number of nitrogens with zero attached hydrogens (tertiary/aromatic N) is 5. The van der Waals surface area contributed by atoms with Crippen molar-refractivity contribution in [1.82, 2.24) is 9.31 Å². The van der Waals surface area contributed by atoms with Gasteiger partial charge >= 0.3 is 0 Å². The number of aryl methyl sites for hydroxylation is 1. The van der Waals surface area contributed by atoms with Crippen molar-refractivity contribution < 1.29 is 18.3 Å². The average molecular weight is 558 g/mol. The van der Waals surface area contributed by atoms with E-state index in [0.717, 1.165) is 15.5 Å². The Labute approximate surface area is 230 Å². The van der Waals surface area contributed by atoms with Crippen LogP contribution < -0.4 is 0 Å². The Balaban J connectivity index is 1.74.